The highest BCUT2D eigenvalue weighted by Gasteiger charge is 2.14. The van der Waals surface area contributed by atoms with Gasteiger partial charge in [0.1, 0.15) is 0 Å². The second kappa shape index (κ2) is 5.43. The number of ether oxygens (including phenoxy) is 1. The molecule has 0 radical (unpaired) electrons. The third-order valence-corrected chi connectivity index (χ3v) is 2.82. The van der Waals surface area contributed by atoms with Gasteiger partial charge in [-0.3, -0.25) is 4.79 Å². The molecule has 0 saturated carbocycles. The van der Waals surface area contributed by atoms with E-state index in [2.05, 4.69) is 9.97 Å². The van der Waals surface area contributed by atoms with Crippen molar-refractivity contribution in [3.05, 3.63) is 46.5 Å². The van der Waals surface area contributed by atoms with Crippen LogP contribution >= 0.6 is 0 Å². The lowest BCUT2D eigenvalue weighted by atomic mass is 10.2. The van der Waals surface area contributed by atoms with Gasteiger partial charge in [0.05, 0.1) is 13.4 Å². The van der Waals surface area contributed by atoms with Gasteiger partial charge in [0.15, 0.2) is 5.82 Å². The van der Waals surface area contributed by atoms with E-state index in [9.17, 15) is 4.79 Å². The topological polar surface area (TPSA) is 84.2 Å². The van der Waals surface area contributed by atoms with Crippen LogP contribution in [0, 0.1) is 0 Å². The minimum absolute atomic E-state index is 0.194. The molecule has 6 nitrogen and oxygen atoms in total. The number of benzene rings is 1. The Morgan fingerprint density at radius 2 is 2.16 bits per heavy atom. The molecular formula is C13H16N4O2. The normalized spacial score (nSPS) is 10.2. The smallest absolute Gasteiger partial charge is 0.295 e. The van der Waals surface area contributed by atoms with Crippen LogP contribution in [0.25, 0.3) is 0 Å². The van der Waals surface area contributed by atoms with Crippen LogP contribution in [0.2, 0.25) is 0 Å². The molecule has 6 heteroatoms. The van der Waals surface area contributed by atoms with Crippen LogP contribution in [0.4, 0.5) is 11.5 Å². The summed E-state index contributed by atoms with van der Waals surface area (Å²) in [6.07, 6.45) is 1.35. The highest BCUT2D eigenvalue weighted by molar-refractivity contribution is 5.53. The summed E-state index contributed by atoms with van der Waals surface area (Å²) in [6.45, 7) is 0.541. The predicted molar refractivity (Wildman–Crippen MR) is 74.4 cm³/mol. The fourth-order valence-corrected chi connectivity index (χ4v) is 1.84. The van der Waals surface area contributed by atoms with Gasteiger partial charge in [-0.15, -0.1) is 0 Å². The first-order chi connectivity index (χ1) is 9.13. The predicted octanol–water partition coefficient (Wildman–Crippen LogP) is 0.997. The monoisotopic (exact) mass is 260 g/mol. The van der Waals surface area contributed by atoms with Gasteiger partial charge in [0, 0.05) is 19.3 Å². The highest BCUT2D eigenvalue weighted by atomic mass is 16.5. The van der Waals surface area contributed by atoms with Gasteiger partial charge in [-0.05, 0) is 11.6 Å². The number of anilines is 2. The van der Waals surface area contributed by atoms with Crippen LogP contribution in [0.1, 0.15) is 5.56 Å². The quantitative estimate of drug-likeness (QED) is 0.801. The average Bonchev–Trinajstić information content (AvgIpc) is 2.41. The van der Waals surface area contributed by atoms with Crippen molar-refractivity contribution in [1.82, 2.24) is 9.97 Å². The fraction of sp³-hybridized carbons (Fsp3) is 0.231. The molecule has 3 N–H and O–H groups in total. The second-order valence-corrected chi connectivity index (χ2v) is 4.14. The maximum absolute atomic E-state index is 11.6. The Kier molecular flexibility index (Phi) is 3.70. The lowest BCUT2D eigenvalue weighted by Gasteiger charge is -2.20. The van der Waals surface area contributed by atoms with Gasteiger partial charge < -0.3 is 20.4 Å². The molecule has 0 spiro atoms. The molecule has 0 unspecified atom stereocenters. The lowest BCUT2D eigenvalue weighted by molar-refractivity contribution is 0.406. The van der Waals surface area contributed by atoms with Gasteiger partial charge in [-0.1, -0.05) is 18.2 Å². The van der Waals surface area contributed by atoms with Crippen LogP contribution < -0.4 is 20.9 Å². The molecule has 100 valence electrons. The van der Waals surface area contributed by atoms with Crippen molar-refractivity contribution in [1.29, 1.82) is 0 Å². The molecular weight excluding hydrogens is 244 g/mol. The lowest BCUT2D eigenvalue weighted by Crippen LogP contribution is -2.23. The zero-order chi connectivity index (χ0) is 13.8. The van der Waals surface area contributed by atoms with Gasteiger partial charge >= 0.3 is 0 Å². The van der Waals surface area contributed by atoms with Gasteiger partial charge in [-0.2, -0.15) is 0 Å². The van der Waals surface area contributed by atoms with Gasteiger partial charge in [-0.25, -0.2) is 4.98 Å². The number of H-pyrrole nitrogens is 1. The molecule has 0 aliphatic heterocycles. The number of hydrogen-bond acceptors (Lipinski definition) is 5. The van der Waals surface area contributed by atoms with Crippen LogP contribution in [0.15, 0.2) is 35.4 Å². The molecule has 2 rings (SSSR count). The summed E-state index contributed by atoms with van der Waals surface area (Å²) in [5.41, 5.74) is 7.27. The van der Waals surface area contributed by atoms with Crippen LogP contribution in [0.5, 0.6) is 5.75 Å². The number of nitrogens with one attached hydrogen (secondary N) is 1. The first-order valence-electron chi connectivity index (χ1n) is 5.79. The minimum Gasteiger partial charge on any atom is -0.489 e. The van der Waals surface area contributed by atoms with E-state index in [0.29, 0.717) is 18.1 Å². The molecule has 0 aliphatic rings. The highest BCUT2D eigenvalue weighted by Crippen LogP contribution is 2.22. The Balaban J connectivity index is 2.31. The summed E-state index contributed by atoms with van der Waals surface area (Å²) < 4.78 is 5.09. The Morgan fingerprint density at radius 3 is 2.84 bits per heavy atom. The van der Waals surface area contributed by atoms with Gasteiger partial charge in [0.25, 0.3) is 5.56 Å². The zero-order valence-corrected chi connectivity index (χ0v) is 10.9. The molecule has 1 aromatic heterocycles. The minimum atomic E-state index is -0.305. The van der Waals surface area contributed by atoms with E-state index in [1.54, 1.807) is 0 Å². The standard InChI is InChI=1S/C13H16N4O2/c1-17(7-9-5-3-4-6-10(9)14)12-11(19-2)13(18)16-8-15-12/h3-6,8H,7,14H2,1-2H3,(H,15,16,18). The summed E-state index contributed by atoms with van der Waals surface area (Å²) in [6, 6.07) is 7.57. The molecule has 2 aromatic rings. The number of nitrogens with two attached hydrogens (primary N) is 1. The van der Waals surface area contributed by atoms with Crippen molar-refractivity contribution >= 4 is 11.5 Å². The van der Waals surface area contributed by atoms with E-state index in [1.807, 2.05) is 36.2 Å². The van der Waals surface area contributed by atoms with Crippen molar-refractivity contribution in [3.8, 4) is 5.75 Å². The Bertz CT molecular complexity index is 624. The number of methoxy groups -OCH3 is 1. The van der Waals surface area contributed by atoms with Gasteiger partial charge in [0.2, 0.25) is 5.75 Å². The molecule has 0 fully saturated rings. The largest absolute Gasteiger partial charge is 0.489 e. The third kappa shape index (κ3) is 2.67. The summed E-state index contributed by atoms with van der Waals surface area (Å²) in [4.78, 5) is 20.1. The zero-order valence-electron chi connectivity index (χ0n) is 10.9. The summed E-state index contributed by atoms with van der Waals surface area (Å²) in [5, 5.41) is 0. The van der Waals surface area contributed by atoms with E-state index in [1.165, 1.54) is 13.4 Å². The Labute approximate surface area is 110 Å². The number of aromatic nitrogens is 2. The third-order valence-electron chi connectivity index (χ3n) is 2.82. The number of aromatic amines is 1. The number of hydrogen-bond donors (Lipinski definition) is 2. The summed E-state index contributed by atoms with van der Waals surface area (Å²) in [5.74, 6) is 0.675. The van der Waals surface area contributed by atoms with E-state index >= 15 is 0 Å². The van der Waals surface area contributed by atoms with Crippen LogP contribution in [-0.2, 0) is 6.54 Å². The average molecular weight is 260 g/mol. The van der Waals surface area contributed by atoms with E-state index in [4.69, 9.17) is 10.5 Å². The van der Waals surface area contributed by atoms with Crippen molar-refractivity contribution < 1.29 is 4.74 Å². The van der Waals surface area contributed by atoms with Crippen LogP contribution in [0.3, 0.4) is 0 Å². The maximum Gasteiger partial charge on any atom is 0.295 e. The maximum atomic E-state index is 11.6. The van der Waals surface area contributed by atoms with E-state index in [-0.39, 0.29) is 11.3 Å². The second-order valence-electron chi connectivity index (χ2n) is 4.14. The summed E-state index contributed by atoms with van der Waals surface area (Å²) in [7, 11) is 3.28. The Hall–Kier alpha value is -2.50. The first-order valence-corrected chi connectivity index (χ1v) is 5.79. The van der Waals surface area contributed by atoms with E-state index < -0.39 is 0 Å². The SMILES string of the molecule is COc1c(N(C)Cc2ccccc2N)nc[nH]c1=O. The Morgan fingerprint density at radius 1 is 1.42 bits per heavy atom. The van der Waals surface area contributed by atoms with Crippen molar-refractivity contribution in [2.45, 2.75) is 6.54 Å². The fourth-order valence-electron chi connectivity index (χ4n) is 1.84. The molecule has 0 bridgehead atoms. The molecule has 0 saturated heterocycles. The number of para-hydroxylation sites is 1. The van der Waals surface area contributed by atoms with Crippen molar-refractivity contribution in [3.63, 3.8) is 0 Å². The summed E-state index contributed by atoms with van der Waals surface area (Å²) >= 11 is 0. The van der Waals surface area contributed by atoms with Crippen LogP contribution in [-0.4, -0.2) is 24.1 Å². The molecule has 1 heterocycles. The molecule has 0 aliphatic carbocycles. The molecule has 19 heavy (non-hydrogen) atoms. The molecule has 0 amide bonds. The molecule has 0 atom stereocenters. The first kappa shape index (κ1) is 12.9. The van der Waals surface area contributed by atoms with E-state index in [0.717, 1.165) is 5.56 Å². The molecule has 1 aromatic carbocycles. The number of rotatable bonds is 4. The van der Waals surface area contributed by atoms with Crippen molar-refractivity contribution in [2.75, 3.05) is 24.8 Å². The number of nitrogen functional groups attached to an aromatic ring is 1. The number of nitrogens with zero attached hydrogens (tertiary/aromatic N) is 2. The van der Waals surface area contributed by atoms with Crippen molar-refractivity contribution in [2.24, 2.45) is 0 Å².